The topological polar surface area (TPSA) is 66.5 Å². The molecule has 3 aliphatic rings. The molecule has 0 saturated carbocycles. The van der Waals surface area contributed by atoms with Crippen LogP contribution in [0.25, 0.3) is 6.08 Å². The number of ketones is 2. The van der Waals surface area contributed by atoms with Crippen molar-refractivity contribution in [3.63, 3.8) is 0 Å². The maximum Gasteiger partial charge on any atom is 0.238 e. The summed E-state index contributed by atoms with van der Waals surface area (Å²) in [6.45, 7) is 1.52. The summed E-state index contributed by atoms with van der Waals surface area (Å²) in [6, 6.07) is 23.1. The number of para-hydroxylation sites is 2. The van der Waals surface area contributed by atoms with Crippen molar-refractivity contribution in [2.45, 2.75) is 24.4 Å². The van der Waals surface area contributed by atoms with Crippen LogP contribution >= 0.6 is 0 Å². The molecule has 0 aliphatic carbocycles. The zero-order valence-corrected chi connectivity index (χ0v) is 18.1. The van der Waals surface area contributed by atoms with Crippen molar-refractivity contribution in [1.29, 1.82) is 0 Å². The lowest BCUT2D eigenvalue weighted by atomic mass is 9.64. The average Bonchev–Trinajstić information content (AvgIpc) is 3.32. The zero-order valence-electron chi connectivity index (χ0n) is 18.1. The van der Waals surface area contributed by atoms with Crippen molar-refractivity contribution in [3.8, 4) is 0 Å². The van der Waals surface area contributed by atoms with E-state index in [0.717, 1.165) is 11.3 Å². The number of nitrogens with zero attached hydrogens (tertiary/aromatic N) is 1. The van der Waals surface area contributed by atoms with Crippen LogP contribution in [0.1, 0.15) is 28.4 Å². The summed E-state index contributed by atoms with van der Waals surface area (Å²) in [5.74, 6) is -1.33. The van der Waals surface area contributed by atoms with Crippen LogP contribution in [0.5, 0.6) is 0 Å². The largest absolute Gasteiger partial charge is 0.352 e. The van der Waals surface area contributed by atoms with Gasteiger partial charge in [-0.15, -0.1) is 0 Å². The molecule has 0 aromatic heterocycles. The van der Waals surface area contributed by atoms with E-state index in [1.54, 1.807) is 12.1 Å². The van der Waals surface area contributed by atoms with E-state index in [0.29, 0.717) is 16.8 Å². The molecule has 33 heavy (non-hydrogen) atoms. The van der Waals surface area contributed by atoms with Crippen LogP contribution in [-0.4, -0.2) is 29.6 Å². The van der Waals surface area contributed by atoms with E-state index < -0.39 is 23.4 Å². The van der Waals surface area contributed by atoms with Crippen LogP contribution in [0, 0.1) is 5.92 Å². The molecule has 3 aliphatic heterocycles. The van der Waals surface area contributed by atoms with Gasteiger partial charge in [0.2, 0.25) is 5.91 Å². The third kappa shape index (κ3) is 2.50. The molecule has 1 spiro atoms. The normalized spacial score (nSPS) is 26.5. The quantitative estimate of drug-likeness (QED) is 0.626. The molecule has 1 saturated heterocycles. The number of carbonyl (C=O) groups excluding carboxylic acids is 3. The minimum Gasteiger partial charge on any atom is -0.352 e. The number of hydrogen-bond acceptors (Lipinski definition) is 4. The maximum atomic E-state index is 14.1. The Morgan fingerprint density at radius 1 is 0.909 bits per heavy atom. The van der Waals surface area contributed by atoms with Gasteiger partial charge in [0.15, 0.2) is 11.6 Å². The first-order chi connectivity index (χ1) is 16.0. The Hall–Kier alpha value is -3.99. The first-order valence-corrected chi connectivity index (χ1v) is 11.1. The standard InChI is InChI=1S/C28H22N2O3/c1-17(31)26-28(20-12-6-7-13-21(20)29-27(28)33)24(25(32)19-10-3-2-4-11-19)23-16-15-18-9-5-8-14-22(18)30(23)26/h2-16,23-24,26H,1H3,(H,29,33)/t23-,24+,26-,28-/m0/s1. The third-order valence-corrected chi connectivity index (χ3v) is 7.27. The van der Waals surface area contributed by atoms with E-state index in [4.69, 9.17) is 0 Å². The highest BCUT2D eigenvalue weighted by atomic mass is 16.2. The van der Waals surface area contributed by atoms with Crippen LogP contribution in [0.2, 0.25) is 0 Å². The van der Waals surface area contributed by atoms with Gasteiger partial charge >= 0.3 is 0 Å². The van der Waals surface area contributed by atoms with Gasteiger partial charge in [-0.2, -0.15) is 0 Å². The van der Waals surface area contributed by atoms with Crippen molar-refractivity contribution < 1.29 is 14.4 Å². The Bertz CT molecular complexity index is 1350. The molecule has 1 fully saturated rings. The first-order valence-electron chi connectivity index (χ1n) is 11.1. The third-order valence-electron chi connectivity index (χ3n) is 7.27. The molecule has 3 heterocycles. The predicted molar refractivity (Wildman–Crippen MR) is 127 cm³/mol. The van der Waals surface area contributed by atoms with E-state index in [1.807, 2.05) is 83.8 Å². The predicted octanol–water partition coefficient (Wildman–Crippen LogP) is 4.25. The number of nitrogens with one attached hydrogen (secondary N) is 1. The van der Waals surface area contributed by atoms with Crippen molar-refractivity contribution in [3.05, 3.63) is 102 Å². The Labute approximate surface area is 191 Å². The van der Waals surface area contributed by atoms with Crippen molar-refractivity contribution in [2.75, 3.05) is 10.2 Å². The number of amides is 1. The highest BCUT2D eigenvalue weighted by Gasteiger charge is 2.70. The number of hydrogen-bond donors (Lipinski definition) is 1. The summed E-state index contributed by atoms with van der Waals surface area (Å²) in [5, 5.41) is 2.99. The van der Waals surface area contributed by atoms with Crippen molar-refractivity contribution in [2.24, 2.45) is 5.92 Å². The number of anilines is 2. The van der Waals surface area contributed by atoms with Crippen LogP contribution in [0.4, 0.5) is 11.4 Å². The fourth-order valence-electron chi connectivity index (χ4n) is 6.10. The summed E-state index contributed by atoms with van der Waals surface area (Å²) in [6.07, 6.45) is 3.98. The molecule has 3 aromatic carbocycles. The molecule has 5 heteroatoms. The second-order valence-electron chi connectivity index (χ2n) is 8.91. The fraction of sp³-hybridized carbons (Fsp3) is 0.179. The monoisotopic (exact) mass is 434 g/mol. The minimum atomic E-state index is -1.33. The number of benzene rings is 3. The highest BCUT2D eigenvalue weighted by Crippen LogP contribution is 2.57. The Morgan fingerprint density at radius 2 is 1.61 bits per heavy atom. The van der Waals surface area contributed by atoms with Gasteiger partial charge in [0.25, 0.3) is 0 Å². The molecule has 162 valence electrons. The maximum absolute atomic E-state index is 14.1. The molecule has 1 amide bonds. The van der Waals surface area contributed by atoms with Gasteiger partial charge < -0.3 is 10.2 Å². The van der Waals surface area contributed by atoms with E-state index in [9.17, 15) is 14.4 Å². The SMILES string of the molecule is CC(=O)[C@@H]1N2c3ccccc3C=C[C@H]2[C@H](C(=O)c2ccccc2)[C@]12C(=O)Nc1ccccc12. The summed E-state index contributed by atoms with van der Waals surface area (Å²) >= 11 is 0. The lowest BCUT2D eigenvalue weighted by molar-refractivity contribution is -0.127. The molecule has 6 rings (SSSR count). The number of carbonyl (C=O) groups is 3. The summed E-state index contributed by atoms with van der Waals surface area (Å²) in [4.78, 5) is 43.4. The molecule has 0 unspecified atom stereocenters. The van der Waals surface area contributed by atoms with Gasteiger partial charge in [-0.1, -0.05) is 78.9 Å². The molecule has 1 N–H and O–H groups in total. The van der Waals surface area contributed by atoms with Crippen molar-refractivity contribution >= 4 is 34.9 Å². The Balaban J connectivity index is 1.67. The summed E-state index contributed by atoms with van der Waals surface area (Å²) in [7, 11) is 0. The zero-order chi connectivity index (χ0) is 22.7. The molecule has 5 nitrogen and oxygen atoms in total. The number of fused-ring (bicyclic) bond motifs is 5. The molecule has 0 bridgehead atoms. The highest BCUT2D eigenvalue weighted by molar-refractivity contribution is 6.17. The van der Waals surface area contributed by atoms with Gasteiger partial charge in [0, 0.05) is 16.9 Å². The molecular formula is C28H22N2O3. The smallest absolute Gasteiger partial charge is 0.238 e. The van der Waals surface area contributed by atoms with Gasteiger partial charge in [-0.25, -0.2) is 0 Å². The molecule has 3 aromatic rings. The van der Waals surface area contributed by atoms with Crippen molar-refractivity contribution in [1.82, 2.24) is 0 Å². The van der Waals surface area contributed by atoms with Gasteiger partial charge in [0.05, 0.1) is 12.0 Å². The summed E-state index contributed by atoms with van der Waals surface area (Å²) < 4.78 is 0. The Morgan fingerprint density at radius 3 is 2.39 bits per heavy atom. The first kappa shape index (κ1) is 19.7. The van der Waals surface area contributed by atoms with Crippen LogP contribution in [0.3, 0.4) is 0 Å². The second kappa shape index (κ2) is 7.01. The lowest BCUT2D eigenvalue weighted by Gasteiger charge is -2.36. The molecule has 0 radical (unpaired) electrons. The van der Waals surface area contributed by atoms with E-state index >= 15 is 0 Å². The lowest BCUT2D eigenvalue weighted by Crippen LogP contribution is -2.54. The van der Waals surface area contributed by atoms with Crippen LogP contribution < -0.4 is 10.2 Å². The number of rotatable bonds is 3. The fourth-order valence-corrected chi connectivity index (χ4v) is 6.10. The Kier molecular flexibility index (Phi) is 4.18. The van der Waals surface area contributed by atoms with Crippen LogP contribution in [-0.2, 0) is 15.0 Å². The van der Waals surface area contributed by atoms with Gasteiger partial charge in [-0.3, -0.25) is 14.4 Å². The molecular weight excluding hydrogens is 412 g/mol. The van der Waals surface area contributed by atoms with Crippen LogP contribution in [0.15, 0.2) is 84.9 Å². The second-order valence-corrected chi connectivity index (χ2v) is 8.91. The van der Waals surface area contributed by atoms with E-state index in [1.165, 1.54) is 6.92 Å². The van der Waals surface area contributed by atoms with Gasteiger partial charge in [-0.05, 0) is 30.2 Å². The molecule has 4 atom stereocenters. The number of Topliss-reactive ketones (excluding diaryl/α,β-unsaturated/α-hetero) is 2. The minimum absolute atomic E-state index is 0.134. The van der Waals surface area contributed by atoms with Gasteiger partial charge in [0.1, 0.15) is 11.5 Å². The van der Waals surface area contributed by atoms with E-state index in [2.05, 4.69) is 5.32 Å². The summed E-state index contributed by atoms with van der Waals surface area (Å²) in [5.41, 5.74) is 2.42. The average molecular weight is 434 g/mol. The van der Waals surface area contributed by atoms with E-state index in [-0.39, 0.29) is 17.5 Å².